The molecule has 0 radical (unpaired) electrons. The number of hydrogen-bond acceptors (Lipinski definition) is 13. The third kappa shape index (κ3) is 17.7. The fourth-order valence-electron chi connectivity index (χ4n) is 4.85. The number of imidazole rings is 1. The van der Waals surface area contributed by atoms with Crippen LogP contribution in [0.3, 0.4) is 0 Å². The van der Waals surface area contributed by atoms with Crippen molar-refractivity contribution in [2.45, 2.75) is 113 Å². The standard InChI is InChI=1S/C31H50N10O13/c1-15(42)25(41-29(51)20(7-10-24(46)47)37-26(48)17(33)12-16-13-35-14-36-16)30(52)39-18(5-8-22(34)43)27(49)38-19(6-9-23(44)45)28(50)40-21(31(53)54)4-2-3-11-32/h13-15,17-21,25,42H,2-12,32-33H2,1H3,(H2,34,43)(H,35,36)(H,37,48)(H,38,49)(H,39,52)(H,40,50)(H,41,51)(H,44,45)(H,46,47)(H,53,54)/t15-,17+,18+,19+,20+,21+,25+/m1/s1. The number of aliphatic hydroxyl groups excluding tert-OH is 1. The Morgan fingerprint density at radius 2 is 1.19 bits per heavy atom. The van der Waals surface area contributed by atoms with Crippen LogP contribution >= 0.6 is 0 Å². The van der Waals surface area contributed by atoms with E-state index in [0.717, 1.165) is 6.92 Å². The van der Waals surface area contributed by atoms with Crippen LogP contribution in [0, 0.1) is 0 Å². The van der Waals surface area contributed by atoms with Crippen molar-refractivity contribution < 1.29 is 63.6 Å². The number of nitrogens with zero attached hydrogens (tertiary/aromatic N) is 1. The second-order valence-corrected chi connectivity index (χ2v) is 12.4. The number of carboxylic acids is 3. The van der Waals surface area contributed by atoms with Gasteiger partial charge in [-0.05, 0) is 52.0 Å². The summed E-state index contributed by atoms with van der Waals surface area (Å²) in [5.74, 6) is -10.4. The summed E-state index contributed by atoms with van der Waals surface area (Å²) in [7, 11) is 0. The van der Waals surface area contributed by atoms with Gasteiger partial charge in [0.2, 0.25) is 35.4 Å². The Morgan fingerprint density at radius 1 is 0.704 bits per heavy atom. The first kappa shape index (κ1) is 46.3. The molecule has 1 aromatic heterocycles. The maximum atomic E-state index is 13.4. The van der Waals surface area contributed by atoms with Crippen LogP contribution in [0.15, 0.2) is 12.5 Å². The smallest absolute Gasteiger partial charge is 0.326 e. The lowest BCUT2D eigenvalue weighted by Gasteiger charge is -2.28. The maximum absolute atomic E-state index is 13.4. The number of aromatic amines is 1. The van der Waals surface area contributed by atoms with Gasteiger partial charge in [-0.1, -0.05) is 0 Å². The van der Waals surface area contributed by atoms with Crippen LogP contribution < -0.4 is 43.8 Å². The SMILES string of the molecule is C[C@@H](O)[C@H](NC(=O)[C@H](CCC(=O)O)NC(=O)[C@@H](N)Cc1cnc[nH]1)C(=O)N[C@@H](CCC(N)=O)C(=O)N[C@@H](CCC(=O)O)C(=O)N[C@@H](CCCCN)C(=O)O. The lowest BCUT2D eigenvalue weighted by Crippen LogP contribution is -2.61. The fraction of sp³-hybridized carbons (Fsp3) is 0.613. The molecule has 6 amide bonds. The van der Waals surface area contributed by atoms with Crippen molar-refractivity contribution in [3.05, 3.63) is 18.2 Å². The number of H-pyrrole nitrogens is 1. The van der Waals surface area contributed by atoms with Crippen LogP contribution in [-0.2, 0) is 49.6 Å². The number of primary amides is 1. The predicted octanol–water partition coefficient (Wildman–Crippen LogP) is -4.71. The number of carboxylic acid groups (broad SMARTS) is 3. The molecule has 0 aliphatic heterocycles. The summed E-state index contributed by atoms with van der Waals surface area (Å²) in [5.41, 5.74) is 17.1. The third-order valence-corrected chi connectivity index (χ3v) is 7.83. The highest BCUT2D eigenvalue weighted by Gasteiger charge is 2.35. The number of hydrogen-bond donors (Lipinski definition) is 13. The van der Waals surface area contributed by atoms with Crippen molar-refractivity contribution in [2.24, 2.45) is 17.2 Å². The Kier molecular flexibility index (Phi) is 20.4. The molecule has 0 aliphatic carbocycles. The number of aliphatic hydroxyl groups is 1. The van der Waals surface area contributed by atoms with Gasteiger partial charge < -0.3 is 69.2 Å². The number of aromatic nitrogens is 2. The topological polar surface area (TPSA) is 401 Å². The second-order valence-electron chi connectivity index (χ2n) is 12.4. The van der Waals surface area contributed by atoms with Crippen molar-refractivity contribution in [3.63, 3.8) is 0 Å². The van der Waals surface area contributed by atoms with Gasteiger partial charge in [0.05, 0.1) is 18.5 Å². The van der Waals surface area contributed by atoms with E-state index in [0.29, 0.717) is 18.5 Å². The molecule has 1 rings (SSSR count). The van der Waals surface area contributed by atoms with Crippen LogP contribution in [0.5, 0.6) is 0 Å². The highest BCUT2D eigenvalue weighted by molar-refractivity contribution is 5.97. The number of nitrogens with one attached hydrogen (secondary N) is 6. The number of unbranched alkanes of at least 4 members (excludes halogenated alkanes) is 1. The van der Waals surface area contributed by atoms with E-state index < -0.39 is 134 Å². The van der Waals surface area contributed by atoms with Crippen molar-refractivity contribution in [1.82, 2.24) is 36.6 Å². The van der Waals surface area contributed by atoms with Crippen LogP contribution in [-0.4, -0.2) is 133 Å². The molecule has 0 unspecified atom stereocenters. The lowest BCUT2D eigenvalue weighted by atomic mass is 10.0. The number of rotatable bonds is 27. The molecule has 54 heavy (non-hydrogen) atoms. The average Bonchev–Trinajstić information content (AvgIpc) is 3.60. The van der Waals surface area contributed by atoms with E-state index in [1.165, 1.54) is 12.5 Å². The number of nitrogens with two attached hydrogens (primary N) is 3. The van der Waals surface area contributed by atoms with E-state index in [-0.39, 0.29) is 19.4 Å². The van der Waals surface area contributed by atoms with E-state index in [2.05, 4.69) is 36.6 Å². The second kappa shape index (κ2) is 23.8. The Bertz CT molecular complexity index is 1460. The molecule has 0 aromatic carbocycles. The first-order valence-corrected chi connectivity index (χ1v) is 16.9. The molecule has 0 bridgehead atoms. The van der Waals surface area contributed by atoms with Gasteiger partial charge in [-0.15, -0.1) is 0 Å². The molecule has 0 fully saturated rings. The molecular formula is C31H50N10O13. The van der Waals surface area contributed by atoms with Crippen LogP contribution in [0.25, 0.3) is 0 Å². The Hall–Kier alpha value is -5.68. The largest absolute Gasteiger partial charge is 0.481 e. The lowest BCUT2D eigenvalue weighted by molar-refractivity contribution is -0.143. The summed E-state index contributed by atoms with van der Waals surface area (Å²) in [6.07, 6.45) is -1.39. The summed E-state index contributed by atoms with van der Waals surface area (Å²) in [4.78, 5) is 119. The van der Waals surface area contributed by atoms with Crippen molar-refractivity contribution in [1.29, 1.82) is 0 Å². The van der Waals surface area contributed by atoms with Crippen LogP contribution in [0.1, 0.15) is 70.4 Å². The molecule has 0 saturated carbocycles. The molecule has 302 valence electrons. The molecule has 1 aromatic rings. The van der Waals surface area contributed by atoms with Gasteiger partial charge in [0.15, 0.2) is 0 Å². The van der Waals surface area contributed by atoms with Gasteiger partial charge in [0.1, 0.15) is 30.2 Å². The Labute approximate surface area is 308 Å². The number of carbonyl (C=O) groups excluding carboxylic acids is 6. The summed E-state index contributed by atoms with van der Waals surface area (Å²) < 4.78 is 0. The molecule has 0 spiro atoms. The first-order valence-electron chi connectivity index (χ1n) is 16.9. The number of carbonyl (C=O) groups is 9. The Morgan fingerprint density at radius 3 is 1.63 bits per heavy atom. The monoisotopic (exact) mass is 770 g/mol. The van der Waals surface area contributed by atoms with Gasteiger partial charge >= 0.3 is 17.9 Å². The molecule has 23 nitrogen and oxygen atoms in total. The highest BCUT2D eigenvalue weighted by atomic mass is 16.4. The number of amides is 6. The summed E-state index contributed by atoms with van der Waals surface area (Å²) in [6.45, 7) is 1.35. The minimum absolute atomic E-state index is 0.0273. The zero-order valence-electron chi connectivity index (χ0n) is 29.6. The number of aliphatic carboxylic acids is 3. The van der Waals surface area contributed by atoms with Gasteiger partial charge in [0.25, 0.3) is 0 Å². The van der Waals surface area contributed by atoms with Crippen molar-refractivity contribution in [3.8, 4) is 0 Å². The highest BCUT2D eigenvalue weighted by Crippen LogP contribution is 2.08. The van der Waals surface area contributed by atoms with Crippen molar-refractivity contribution in [2.75, 3.05) is 6.54 Å². The first-order chi connectivity index (χ1) is 25.4. The van der Waals surface area contributed by atoms with Crippen LogP contribution in [0.4, 0.5) is 0 Å². The van der Waals surface area contributed by atoms with Gasteiger partial charge in [-0.25, -0.2) is 9.78 Å². The maximum Gasteiger partial charge on any atom is 0.326 e. The molecule has 16 N–H and O–H groups in total. The summed E-state index contributed by atoms with van der Waals surface area (Å²) in [5, 5.41) is 49.6. The fourth-order valence-corrected chi connectivity index (χ4v) is 4.85. The normalized spacial score (nSPS) is 14.8. The minimum Gasteiger partial charge on any atom is -0.481 e. The summed E-state index contributed by atoms with van der Waals surface area (Å²) >= 11 is 0. The zero-order chi connectivity index (χ0) is 41.0. The van der Waals surface area contributed by atoms with E-state index in [1.54, 1.807) is 0 Å². The molecule has 0 saturated heterocycles. The van der Waals surface area contributed by atoms with Gasteiger partial charge in [-0.3, -0.25) is 38.4 Å². The molecule has 23 heteroatoms. The minimum atomic E-state index is -1.85. The Balaban J connectivity index is 3.24. The third-order valence-electron chi connectivity index (χ3n) is 7.83. The van der Waals surface area contributed by atoms with E-state index in [9.17, 15) is 63.6 Å². The van der Waals surface area contributed by atoms with Crippen molar-refractivity contribution >= 4 is 53.4 Å². The zero-order valence-corrected chi connectivity index (χ0v) is 29.6. The molecular weight excluding hydrogens is 720 g/mol. The molecule has 1 heterocycles. The predicted molar refractivity (Wildman–Crippen MR) is 184 cm³/mol. The van der Waals surface area contributed by atoms with Gasteiger partial charge in [-0.2, -0.15) is 0 Å². The van der Waals surface area contributed by atoms with Crippen LogP contribution in [0.2, 0.25) is 0 Å². The van der Waals surface area contributed by atoms with E-state index in [1.807, 2.05) is 0 Å². The van der Waals surface area contributed by atoms with E-state index in [4.69, 9.17) is 17.2 Å². The summed E-state index contributed by atoms with van der Waals surface area (Å²) in [6, 6.07) is -9.36. The van der Waals surface area contributed by atoms with E-state index >= 15 is 0 Å². The van der Waals surface area contributed by atoms with Gasteiger partial charge in [0, 0.05) is 37.6 Å². The molecule has 7 atom stereocenters. The quantitative estimate of drug-likeness (QED) is 0.0374. The average molecular weight is 771 g/mol. The molecule has 0 aliphatic rings.